The highest BCUT2D eigenvalue weighted by molar-refractivity contribution is 8.03. The average molecular weight is 296 g/mol. The van der Waals surface area contributed by atoms with E-state index in [9.17, 15) is 8.42 Å². The predicted molar refractivity (Wildman–Crippen MR) is 72.8 cm³/mol. The van der Waals surface area contributed by atoms with Crippen molar-refractivity contribution in [1.82, 2.24) is 4.72 Å². The SMILES string of the molecule is C#CCOCCNS(=O)(=O)c1ccc(SC#N)cc1. The summed E-state index contributed by atoms with van der Waals surface area (Å²) < 4.78 is 31.1. The number of terminal acetylenes is 1. The molecule has 0 bridgehead atoms. The van der Waals surface area contributed by atoms with Crippen LogP contribution in [0.2, 0.25) is 0 Å². The van der Waals surface area contributed by atoms with Crippen LogP contribution < -0.4 is 4.72 Å². The number of ether oxygens (including phenoxy) is 1. The first kappa shape index (κ1) is 15.5. The van der Waals surface area contributed by atoms with E-state index < -0.39 is 10.0 Å². The molecule has 0 saturated carbocycles. The molecule has 0 aliphatic heterocycles. The summed E-state index contributed by atoms with van der Waals surface area (Å²) in [7, 11) is -3.55. The molecule has 7 heteroatoms. The summed E-state index contributed by atoms with van der Waals surface area (Å²) in [6.07, 6.45) is 4.99. The van der Waals surface area contributed by atoms with Gasteiger partial charge in [-0.2, -0.15) is 5.26 Å². The number of thiocyanates is 1. The molecular formula is C12H12N2O3S2. The molecule has 0 aliphatic carbocycles. The Hall–Kier alpha value is -1.51. The normalized spacial score (nSPS) is 10.6. The van der Waals surface area contributed by atoms with E-state index in [2.05, 4.69) is 10.6 Å². The molecule has 1 rings (SSSR count). The van der Waals surface area contributed by atoms with Crippen molar-refractivity contribution >= 4 is 21.8 Å². The van der Waals surface area contributed by atoms with Gasteiger partial charge >= 0.3 is 0 Å². The monoisotopic (exact) mass is 296 g/mol. The fourth-order valence-electron chi connectivity index (χ4n) is 1.20. The maximum atomic E-state index is 11.9. The van der Waals surface area contributed by atoms with E-state index in [1.54, 1.807) is 12.1 Å². The lowest BCUT2D eigenvalue weighted by atomic mass is 10.4. The fourth-order valence-corrected chi connectivity index (χ4v) is 2.59. The van der Waals surface area contributed by atoms with Crippen molar-refractivity contribution < 1.29 is 13.2 Å². The second kappa shape index (κ2) is 7.82. The summed E-state index contributed by atoms with van der Waals surface area (Å²) in [5.41, 5.74) is 0. The fraction of sp³-hybridized carbons (Fsp3) is 0.250. The maximum Gasteiger partial charge on any atom is 0.240 e. The summed E-state index contributed by atoms with van der Waals surface area (Å²) in [6, 6.07) is 6.06. The van der Waals surface area contributed by atoms with Gasteiger partial charge in [-0.3, -0.25) is 0 Å². The number of hydrogen-bond acceptors (Lipinski definition) is 5. The number of nitriles is 1. The third-order valence-electron chi connectivity index (χ3n) is 2.02. The topological polar surface area (TPSA) is 79.2 Å². The van der Waals surface area contributed by atoms with Gasteiger partial charge < -0.3 is 4.74 Å². The summed E-state index contributed by atoms with van der Waals surface area (Å²) in [4.78, 5) is 0.838. The number of rotatable bonds is 7. The van der Waals surface area contributed by atoms with Crippen LogP contribution in [-0.4, -0.2) is 28.2 Å². The third kappa shape index (κ3) is 5.33. The molecule has 1 N–H and O–H groups in total. The highest BCUT2D eigenvalue weighted by Gasteiger charge is 2.12. The second-order valence-electron chi connectivity index (χ2n) is 3.32. The van der Waals surface area contributed by atoms with Crippen LogP contribution >= 0.6 is 11.8 Å². The maximum absolute atomic E-state index is 11.9. The van der Waals surface area contributed by atoms with Gasteiger partial charge in [0.25, 0.3) is 0 Å². The van der Waals surface area contributed by atoms with Gasteiger partial charge in [-0.05, 0) is 36.0 Å². The zero-order valence-corrected chi connectivity index (χ0v) is 11.6. The van der Waals surface area contributed by atoms with E-state index in [4.69, 9.17) is 16.4 Å². The van der Waals surface area contributed by atoms with Crippen LogP contribution in [0.4, 0.5) is 0 Å². The third-order valence-corrected chi connectivity index (χ3v) is 4.10. The number of thioether (sulfide) groups is 1. The van der Waals surface area contributed by atoms with Crippen molar-refractivity contribution in [2.45, 2.75) is 9.79 Å². The standard InChI is InChI=1S/C12H12N2O3S2/c1-2-8-17-9-7-14-19(15,16)12-5-3-11(4-6-12)18-10-13/h1,3-6,14H,7-9H2. The van der Waals surface area contributed by atoms with Gasteiger partial charge in [-0.25, -0.2) is 13.1 Å². The van der Waals surface area contributed by atoms with E-state index in [-0.39, 0.29) is 24.7 Å². The number of nitrogens with one attached hydrogen (secondary N) is 1. The predicted octanol–water partition coefficient (Wildman–Crippen LogP) is 1.19. The van der Waals surface area contributed by atoms with E-state index in [1.165, 1.54) is 12.1 Å². The molecule has 1 aromatic carbocycles. The van der Waals surface area contributed by atoms with Gasteiger partial charge in [0.1, 0.15) is 12.0 Å². The highest BCUT2D eigenvalue weighted by Crippen LogP contribution is 2.18. The van der Waals surface area contributed by atoms with Crippen LogP contribution in [0, 0.1) is 23.0 Å². The molecule has 0 aliphatic rings. The molecule has 0 fully saturated rings. The molecule has 0 amide bonds. The lowest BCUT2D eigenvalue weighted by molar-refractivity contribution is 0.173. The highest BCUT2D eigenvalue weighted by atomic mass is 32.2. The quantitative estimate of drug-likeness (QED) is 0.354. The largest absolute Gasteiger partial charge is 0.367 e. The summed E-state index contributed by atoms with van der Waals surface area (Å²) in [6.45, 7) is 0.520. The molecule has 0 aromatic heterocycles. The number of benzene rings is 1. The van der Waals surface area contributed by atoms with Gasteiger partial charge in [-0.1, -0.05) is 5.92 Å². The van der Waals surface area contributed by atoms with Crippen molar-refractivity contribution in [3.8, 4) is 17.7 Å². The van der Waals surface area contributed by atoms with Gasteiger partial charge in [0, 0.05) is 11.4 Å². The van der Waals surface area contributed by atoms with E-state index in [1.807, 2.05) is 5.40 Å². The Kier molecular flexibility index (Phi) is 6.40. The Morgan fingerprint density at radius 3 is 2.63 bits per heavy atom. The van der Waals surface area contributed by atoms with Crippen molar-refractivity contribution in [3.63, 3.8) is 0 Å². The lowest BCUT2D eigenvalue weighted by Gasteiger charge is -2.06. The van der Waals surface area contributed by atoms with Gasteiger partial charge in [-0.15, -0.1) is 6.42 Å². The second-order valence-corrected chi connectivity index (χ2v) is 5.94. The van der Waals surface area contributed by atoms with E-state index in [0.717, 1.165) is 11.8 Å². The van der Waals surface area contributed by atoms with Crippen molar-refractivity contribution in [2.75, 3.05) is 19.8 Å². The molecule has 0 unspecified atom stereocenters. The van der Waals surface area contributed by atoms with Crippen LogP contribution in [0.1, 0.15) is 0 Å². The summed E-state index contributed by atoms with van der Waals surface area (Å²) in [5, 5.41) is 10.4. The Balaban J connectivity index is 2.57. The zero-order chi connectivity index (χ0) is 14.1. The molecular weight excluding hydrogens is 284 g/mol. The number of sulfonamides is 1. The zero-order valence-electron chi connectivity index (χ0n) is 10.00. The van der Waals surface area contributed by atoms with Crippen LogP contribution in [0.5, 0.6) is 0 Å². The first-order valence-corrected chi connectivity index (χ1v) is 7.57. The summed E-state index contributed by atoms with van der Waals surface area (Å²) >= 11 is 0.973. The smallest absolute Gasteiger partial charge is 0.240 e. The molecule has 1 aromatic rings. The van der Waals surface area contributed by atoms with Crippen LogP contribution in [0.15, 0.2) is 34.1 Å². The van der Waals surface area contributed by atoms with Crippen LogP contribution in [0.25, 0.3) is 0 Å². The lowest BCUT2D eigenvalue weighted by Crippen LogP contribution is -2.27. The molecule has 0 heterocycles. The molecule has 100 valence electrons. The minimum Gasteiger partial charge on any atom is -0.367 e. The Bertz CT molecular complexity index is 583. The first-order chi connectivity index (χ1) is 9.10. The summed E-state index contributed by atoms with van der Waals surface area (Å²) in [5.74, 6) is 2.29. The molecule has 0 spiro atoms. The van der Waals surface area contributed by atoms with Crippen molar-refractivity contribution in [1.29, 1.82) is 5.26 Å². The average Bonchev–Trinajstić information content (AvgIpc) is 2.39. The molecule has 5 nitrogen and oxygen atoms in total. The van der Waals surface area contributed by atoms with Gasteiger partial charge in [0.05, 0.1) is 11.5 Å². The van der Waals surface area contributed by atoms with Crippen LogP contribution in [-0.2, 0) is 14.8 Å². The van der Waals surface area contributed by atoms with Gasteiger partial charge in [0.15, 0.2) is 0 Å². The van der Waals surface area contributed by atoms with Gasteiger partial charge in [0.2, 0.25) is 10.0 Å². The Labute approximate surface area is 117 Å². The Morgan fingerprint density at radius 1 is 1.37 bits per heavy atom. The van der Waals surface area contributed by atoms with E-state index >= 15 is 0 Å². The number of hydrogen-bond donors (Lipinski definition) is 1. The molecule has 0 radical (unpaired) electrons. The van der Waals surface area contributed by atoms with E-state index in [0.29, 0.717) is 4.90 Å². The van der Waals surface area contributed by atoms with Crippen molar-refractivity contribution in [3.05, 3.63) is 24.3 Å². The van der Waals surface area contributed by atoms with Crippen molar-refractivity contribution in [2.24, 2.45) is 0 Å². The number of nitrogens with zero attached hydrogens (tertiary/aromatic N) is 1. The molecule has 0 atom stereocenters. The first-order valence-electron chi connectivity index (χ1n) is 5.27. The minimum atomic E-state index is -3.55. The Morgan fingerprint density at radius 2 is 2.05 bits per heavy atom. The molecule has 0 saturated heterocycles. The van der Waals surface area contributed by atoms with Crippen LogP contribution in [0.3, 0.4) is 0 Å². The molecule has 19 heavy (non-hydrogen) atoms. The minimum absolute atomic E-state index is 0.145.